The number of nitrogens with one attached hydrogen (secondary N) is 1. The minimum absolute atomic E-state index is 0.117. The van der Waals surface area contributed by atoms with Crippen LogP contribution >= 0.6 is 39.3 Å². The van der Waals surface area contributed by atoms with E-state index in [0.717, 1.165) is 10.0 Å². The van der Waals surface area contributed by atoms with Gasteiger partial charge in [0.2, 0.25) is 5.91 Å². The van der Waals surface area contributed by atoms with E-state index in [1.54, 1.807) is 42.5 Å². The molecule has 8 heteroatoms. The Bertz CT molecular complexity index is 1270. The lowest BCUT2D eigenvalue weighted by molar-refractivity contribution is -0.117. The van der Waals surface area contributed by atoms with Crippen molar-refractivity contribution in [2.45, 2.75) is 11.7 Å². The van der Waals surface area contributed by atoms with Crippen molar-refractivity contribution in [3.63, 3.8) is 0 Å². The van der Waals surface area contributed by atoms with Crippen LogP contribution in [0.4, 0.5) is 11.4 Å². The van der Waals surface area contributed by atoms with Crippen LogP contribution in [-0.4, -0.2) is 17.1 Å². The number of nitrogens with zero attached hydrogens (tertiary/aromatic N) is 2. The molecule has 0 saturated carbocycles. The second-order valence-electron chi connectivity index (χ2n) is 7.20. The van der Waals surface area contributed by atoms with Crippen LogP contribution in [0, 0.1) is 11.3 Å². The van der Waals surface area contributed by atoms with Gasteiger partial charge in [-0.05, 0) is 60.5 Å². The average molecular weight is 539 g/mol. The van der Waals surface area contributed by atoms with Gasteiger partial charge in [-0.1, -0.05) is 69.6 Å². The van der Waals surface area contributed by atoms with E-state index in [4.69, 9.17) is 11.6 Å². The lowest BCUT2D eigenvalue weighted by Crippen LogP contribution is -2.30. The van der Waals surface area contributed by atoms with Gasteiger partial charge in [-0.25, -0.2) is 0 Å². The maximum Gasteiger partial charge on any atom is 0.269 e. The van der Waals surface area contributed by atoms with E-state index in [9.17, 15) is 14.9 Å². The number of anilines is 2. The summed E-state index contributed by atoms with van der Waals surface area (Å²) in [5.41, 5.74) is 1.93. The number of thioether (sulfide) groups is 1. The molecule has 0 radical (unpaired) electrons. The van der Waals surface area contributed by atoms with Crippen molar-refractivity contribution in [3.8, 4) is 6.07 Å². The van der Waals surface area contributed by atoms with Crippen LogP contribution in [0.15, 0.2) is 93.9 Å². The Hall–Kier alpha value is -3.05. The highest BCUT2D eigenvalue weighted by Crippen LogP contribution is 2.42. The van der Waals surface area contributed by atoms with Crippen LogP contribution in [0.1, 0.15) is 5.56 Å². The van der Waals surface area contributed by atoms with Gasteiger partial charge in [0.05, 0.1) is 5.25 Å². The molecule has 1 saturated heterocycles. The number of benzene rings is 3. The highest BCUT2D eigenvalue weighted by atomic mass is 79.9. The lowest BCUT2D eigenvalue weighted by atomic mass is 10.1. The van der Waals surface area contributed by atoms with Gasteiger partial charge in [0.1, 0.15) is 16.7 Å². The Morgan fingerprint density at radius 1 is 1.09 bits per heavy atom. The number of carbonyl (C=O) groups excluding carboxylic acids is 2. The predicted octanol–water partition coefficient (Wildman–Crippen LogP) is 6.17. The van der Waals surface area contributed by atoms with E-state index < -0.39 is 11.2 Å². The number of carbonyl (C=O) groups is 2. The number of hydrogen-bond donors (Lipinski definition) is 1. The van der Waals surface area contributed by atoms with E-state index in [1.165, 1.54) is 16.7 Å². The van der Waals surface area contributed by atoms with Crippen molar-refractivity contribution in [3.05, 3.63) is 105 Å². The standard InChI is InChI=1S/C25H17BrClN3O2S/c26-17-9-11-19(12-10-17)29-23(31)21(15-28)25-30(20-7-2-1-3-8-20)24(32)22(33-25)14-16-5-4-6-18(27)13-16/h1-13,22H,14H2,(H,29,31). The number of amides is 2. The van der Waals surface area contributed by atoms with Crippen molar-refractivity contribution in [1.29, 1.82) is 5.26 Å². The van der Waals surface area contributed by atoms with Crippen LogP contribution < -0.4 is 10.2 Å². The fourth-order valence-corrected chi connectivity index (χ4v) is 5.19. The first kappa shape index (κ1) is 23.1. The summed E-state index contributed by atoms with van der Waals surface area (Å²) in [6.45, 7) is 0. The highest BCUT2D eigenvalue weighted by molar-refractivity contribution is 9.10. The molecule has 3 aromatic carbocycles. The van der Waals surface area contributed by atoms with Gasteiger partial charge in [-0.2, -0.15) is 5.26 Å². The molecule has 1 N–H and O–H groups in total. The molecule has 0 aromatic heterocycles. The minimum Gasteiger partial charge on any atom is -0.321 e. The van der Waals surface area contributed by atoms with Crippen molar-refractivity contribution in [1.82, 2.24) is 0 Å². The van der Waals surface area contributed by atoms with E-state index in [2.05, 4.69) is 21.2 Å². The van der Waals surface area contributed by atoms with E-state index in [1.807, 2.05) is 42.5 Å². The lowest BCUT2D eigenvalue weighted by Gasteiger charge is -2.18. The second-order valence-corrected chi connectivity index (χ2v) is 9.75. The first-order valence-electron chi connectivity index (χ1n) is 9.97. The monoisotopic (exact) mass is 537 g/mol. The summed E-state index contributed by atoms with van der Waals surface area (Å²) in [6.07, 6.45) is 0.421. The van der Waals surface area contributed by atoms with E-state index in [0.29, 0.717) is 27.8 Å². The Morgan fingerprint density at radius 3 is 2.48 bits per heavy atom. The third-order valence-corrected chi connectivity index (χ3v) is 6.96. The van der Waals surface area contributed by atoms with Gasteiger partial charge >= 0.3 is 0 Å². The highest BCUT2D eigenvalue weighted by Gasteiger charge is 2.40. The molecule has 1 atom stereocenters. The fourth-order valence-electron chi connectivity index (χ4n) is 3.40. The minimum atomic E-state index is -0.570. The summed E-state index contributed by atoms with van der Waals surface area (Å²) in [5.74, 6) is -0.759. The van der Waals surface area contributed by atoms with Crippen LogP contribution in [-0.2, 0) is 16.0 Å². The van der Waals surface area contributed by atoms with Crippen LogP contribution in [0.2, 0.25) is 5.02 Å². The maximum absolute atomic E-state index is 13.4. The quantitative estimate of drug-likeness (QED) is 0.312. The van der Waals surface area contributed by atoms with Gasteiger partial charge in [-0.3, -0.25) is 14.5 Å². The fraction of sp³-hybridized carbons (Fsp3) is 0.0800. The molecule has 1 aliphatic rings. The maximum atomic E-state index is 13.4. The van der Waals surface area contributed by atoms with Crippen LogP contribution in [0.3, 0.4) is 0 Å². The molecule has 2 amide bonds. The molecule has 1 aliphatic heterocycles. The first-order valence-corrected chi connectivity index (χ1v) is 12.0. The normalized spacial score (nSPS) is 16.9. The summed E-state index contributed by atoms with van der Waals surface area (Å²) in [6, 6.07) is 25.4. The molecule has 0 aliphatic carbocycles. The Balaban J connectivity index is 1.71. The van der Waals surface area contributed by atoms with Gasteiger partial charge in [-0.15, -0.1) is 0 Å². The molecular weight excluding hydrogens is 522 g/mol. The van der Waals surface area contributed by atoms with Crippen molar-refractivity contribution < 1.29 is 9.59 Å². The van der Waals surface area contributed by atoms with Gasteiger partial charge in [0.25, 0.3) is 5.91 Å². The predicted molar refractivity (Wildman–Crippen MR) is 136 cm³/mol. The number of rotatable bonds is 5. The van der Waals surface area contributed by atoms with E-state index in [-0.39, 0.29) is 11.5 Å². The first-order chi connectivity index (χ1) is 16.0. The Morgan fingerprint density at radius 2 is 1.82 bits per heavy atom. The largest absolute Gasteiger partial charge is 0.321 e. The van der Waals surface area contributed by atoms with Crippen molar-refractivity contribution in [2.24, 2.45) is 0 Å². The number of halogens is 2. The van der Waals surface area contributed by atoms with Crippen LogP contribution in [0.5, 0.6) is 0 Å². The molecule has 1 unspecified atom stereocenters. The number of nitriles is 1. The molecule has 0 spiro atoms. The molecule has 1 heterocycles. The zero-order chi connectivity index (χ0) is 23.4. The summed E-state index contributed by atoms with van der Waals surface area (Å²) < 4.78 is 0.871. The smallest absolute Gasteiger partial charge is 0.269 e. The van der Waals surface area contributed by atoms with Gasteiger partial charge in [0, 0.05) is 20.9 Å². The molecule has 4 rings (SSSR count). The third kappa shape index (κ3) is 5.31. The summed E-state index contributed by atoms with van der Waals surface area (Å²) in [5, 5.41) is 13.0. The van der Waals surface area contributed by atoms with Gasteiger partial charge < -0.3 is 5.32 Å². The summed E-state index contributed by atoms with van der Waals surface area (Å²) in [7, 11) is 0. The molecule has 3 aromatic rings. The topological polar surface area (TPSA) is 73.2 Å². The SMILES string of the molecule is N#CC(C(=O)Nc1ccc(Br)cc1)=C1SC(Cc2cccc(Cl)c2)C(=O)N1c1ccccc1. The van der Waals surface area contributed by atoms with Crippen molar-refractivity contribution in [2.75, 3.05) is 10.2 Å². The number of hydrogen-bond acceptors (Lipinski definition) is 4. The van der Waals surface area contributed by atoms with Gasteiger partial charge in [0.15, 0.2) is 0 Å². The molecule has 0 bridgehead atoms. The van der Waals surface area contributed by atoms with Crippen molar-refractivity contribution >= 4 is 62.5 Å². The molecule has 164 valence electrons. The summed E-state index contributed by atoms with van der Waals surface area (Å²) in [4.78, 5) is 27.9. The summed E-state index contributed by atoms with van der Waals surface area (Å²) >= 11 is 10.7. The number of para-hydroxylation sites is 1. The Labute approximate surface area is 209 Å². The van der Waals surface area contributed by atoms with E-state index >= 15 is 0 Å². The third-order valence-electron chi connectivity index (χ3n) is 4.93. The molecule has 1 fully saturated rings. The second kappa shape index (κ2) is 10.3. The zero-order valence-corrected chi connectivity index (χ0v) is 20.3. The Kier molecular flexibility index (Phi) is 7.19. The molecule has 33 heavy (non-hydrogen) atoms. The zero-order valence-electron chi connectivity index (χ0n) is 17.2. The molecular formula is C25H17BrClN3O2S. The van der Waals surface area contributed by atoms with Crippen LogP contribution in [0.25, 0.3) is 0 Å². The molecule has 5 nitrogen and oxygen atoms in total. The average Bonchev–Trinajstić information content (AvgIpc) is 3.12.